The largest absolute Gasteiger partial charge is 0.474 e. The van der Waals surface area contributed by atoms with Crippen molar-refractivity contribution >= 4 is 0 Å². The molecule has 0 spiro atoms. The van der Waals surface area contributed by atoms with E-state index in [0.29, 0.717) is 5.88 Å². The predicted molar refractivity (Wildman–Crippen MR) is 91.1 cm³/mol. The molecule has 2 rings (SSSR count). The van der Waals surface area contributed by atoms with Gasteiger partial charge >= 0.3 is 0 Å². The van der Waals surface area contributed by atoms with Gasteiger partial charge in [-0.3, -0.25) is 0 Å². The number of ether oxygens (including phenoxy) is 1. The maximum absolute atomic E-state index is 5.65. The highest BCUT2D eigenvalue weighted by Crippen LogP contribution is 2.20. The average molecular weight is 298 g/mol. The molecule has 1 aromatic heterocycles. The molecule has 3 nitrogen and oxygen atoms in total. The second-order valence-electron chi connectivity index (χ2n) is 5.75. The van der Waals surface area contributed by atoms with Gasteiger partial charge in [0.15, 0.2) is 0 Å². The van der Waals surface area contributed by atoms with Crippen LogP contribution in [-0.2, 0) is 6.42 Å². The van der Waals surface area contributed by atoms with Gasteiger partial charge in [-0.15, -0.1) is 10.2 Å². The molecule has 0 aliphatic heterocycles. The van der Waals surface area contributed by atoms with E-state index in [9.17, 15) is 0 Å². The fourth-order valence-electron chi connectivity index (χ4n) is 2.25. The molecule has 0 N–H and O–H groups in total. The van der Waals surface area contributed by atoms with Crippen LogP contribution >= 0.6 is 0 Å². The number of nitrogens with zero attached hydrogens (tertiary/aromatic N) is 2. The molecule has 22 heavy (non-hydrogen) atoms. The summed E-state index contributed by atoms with van der Waals surface area (Å²) in [5.41, 5.74) is 3.38. The second-order valence-corrected chi connectivity index (χ2v) is 5.75. The fourth-order valence-corrected chi connectivity index (χ4v) is 2.25. The molecular formula is C19H26N2O. The van der Waals surface area contributed by atoms with Crippen LogP contribution in [0.1, 0.15) is 52.0 Å². The first-order chi connectivity index (χ1) is 10.7. The number of aryl methyl sites for hydroxylation is 1. The zero-order chi connectivity index (χ0) is 15.8. The van der Waals surface area contributed by atoms with Crippen LogP contribution in [0.2, 0.25) is 0 Å². The van der Waals surface area contributed by atoms with Crippen LogP contribution < -0.4 is 4.74 Å². The third-order valence-corrected chi connectivity index (χ3v) is 3.86. The molecular weight excluding hydrogens is 272 g/mol. The minimum Gasteiger partial charge on any atom is -0.474 e. The Balaban J connectivity index is 1.99. The molecule has 0 saturated heterocycles. The fraction of sp³-hybridized carbons (Fsp3) is 0.474. The van der Waals surface area contributed by atoms with Crippen molar-refractivity contribution in [3.8, 4) is 17.1 Å². The first kappa shape index (κ1) is 16.5. The van der Waals surface area contributed by atoms with Gasteiger partial charge in [0.05, 0.1) is 11.8 Å². The zero-order valence-corrected chi connectivity index (χ0v) is 13.9. The van der Waals surface area contributed by atoms with Gasteiger partial charge in [-0.25, -0.2) is 0 Å². The van der Waals surface area contributed by atoms with Crippen molar-refractivity contribution in [2.75, 3.05) is 0 Å². The van der Waals surface area contributed by atoms with E-state index in [-0.39, 0.29) is 6.10 Å². The van der Waals surface area contributed by atoms with E-state index in [0.717, 1.165) is 24.1 Å². The smallest absolute Gasteiger partial charge is 0.233 e. The predicted octanol–water partition coefficient (Wildman–Crippen LogP) is 5.05. The van der Waals surface area contributed by atoms with Crippen LogP contribution in [0.25, 0.3) is 11.3 Å². The molecule has 0 amide bonds. The highest BCUT2D eigenvalue weighted by Gasteiger charge is 2.05. The van der Waals surface area contributed by atoms with Gasteiger partial charge in [-0.05, 0) is 37.8 Å². The summed E-state index contributed by atoms with van der Waals surface area (Å²) < 4.78 is 5.65. The third kappa shape index (κ3) is 4.83. The Kier molecular flexibility index (Phi) is 6.38. The van der Waals surface area contributed by atoms with Gasteiger partial charge in [0, 0.05) is 11.6 Å². The Morgan fingerprint density at radius 3 is 2.32 bits per heavy atom. The molecule has 0 radical (unpaired) electrons. The van der Waals surface area contributed by atoms with Gasteiger partial charge in [-0.2, -0.15) is 0 Å². The van der Waals surface area contributed by atoms with Crippen molar-refractivity contribution in [2.45, 2.75) is 59.0 Å². The standard InChI is InChI=1S/C19H26N2O/c1-4-6-7-8-16-9-11-17(12-10-16)18-13-14-19(21-20-18)22-15(3)5-2/h9-15H,4-8H2,1-3H3. The summed E-state index contributed by atoms with van der Waals surface area (Å²) in [6.45, 7) is 6.36. The summed E-state index contributed by atoms with van der Waals surface area (Å²) in [7, 11) is 0. The maximum atomic E-state index is 5.65. The molecule has 0 aliphatic rings. The van der Waals surface area contributed by atoms with E-state index in [1.54, 1.807) is 0 Å². The highest BCUT2D eigenvalue weighted by atomic mass is 16.5. The highest BCUT2D eigenvalue weighted by molar-refractivity contribution is 5.58. The summed E-state index contributed by atoms with van der Waals surface area (Å²) in [6, 6.07) is 12.5. The SMILES string of the molecule is CCCCCc1ccc(-c2ccc(OC(C)CC)nn2)cc1. The number of rotatable bonds is 8. The molecule has 3 heteroatoms. The van der Waals surface area contributed by atoms with Crippen molar-refractivity contribution in [1.29, 1.82) is 0 Å². The van der Waals surface area contributed by atoms with Gasteiger partial charge in [-0.1, -0.05) is 51.0 Å². The molecule has 2 aromatic rings. The molecule has 1 aromatic carbocycles. The summed E-state index contributed by atoms with van der Waals surface area (Å²) in [6.07, 6.45) is 6.10. The zero-order valence-electron chi connectivity index (χ0n) is 13.9. The Bertz CT molecular complexity index is 549. The molecule has 1 atom stereocenters. The lowest BCUT2D eigenvalue weighted by molar-refractivity contribution is 0.206. The quantitative estimate of drug-likeness (QED) is 0.639. The van der Waals surface area contributed by atoms with Crippen LogP contribution in [0.15, 0.2) is 36.4 Å². The first-order valence-electron chi connectivity index (χ1n) is 8.32. The van der Waals surface area contributed by atoms with Crippen LogP contribution in [0.3, 0.4) is 0 Å². The lowest BCUT2D eigenvalue weighted by Gasteiger charge is -2.11. The number of aromatic nitrogens is 2. The summed E-state index contributed by atoms with van der Waals surface area (Å²) >= 11 is 0. The summed E-state index contributed by atoms with van der Waals surface area (Å²) in [5, 5.41) is 8.42. The second kappa shape index (κ2) is 8.52. The number of hydrogen-bond acceptors (Lipinski definition) is 3. The maximum Gasteiger partial charge on any atom is 0.233 e. The molecule has 118 valence electrons. The van der Waals surface area contributed by atoms with E-state index in [1.807, 2.05) is 19.1 Å². The van der Waals surface area contributed by atoms with E-state index >= 15 is 0 Å². The van der Waals surface area contributed by atoms with Gasteiger partial charge in [0.2, 0.25) is 5.88 Å². The average Bonchev–Trinajstić information content (AvgIpc) is 2.56. The molecule has 0 aliphatic carbocycles. The molecule has 0 fully saturated rings. The van der Waals surface area contributed by atoms with Crippen molar-refractivity contribution < 1.29 is 4.74 Å². The van der Waals surface area contributed by atoms with Gasteiger partial charge in [0.25, 0.3) is 0 Å². The monoisotopic (exact) mass is 298 g/mol. The van der Waals surface area contributed by atoms with Gasteiger partial charge in [0.1, 0.15) is 0 Å². The van der Waals surface area contributed by atoms with Crippen LogP contribution in [0.5, 0.6) is 5.88 Å². The molecule has 1 unspecified atom stereocenters. The summed E-state index contributed by atoms with van der Waals surface area (Å²) in [5.74, 6) is 0.592. The van der Waals surface area contributed by atoms with Crippen molar-refractivity contribution in [1.82, 2.24) is 10.2 Å². The normalized spacial score (nSPS) is 12.1. The molecule has 0 saturated carbocycles. The lowest BCUT2D eigenvalue weighted by atomic mass is 10.0. The van der Waals surface area contributed by atoms with Crippen LogP contribution in [0, 0.1) is 0 Å². The molecule has 1 heterocycles. The number of hydrogen-bond donors (Lipinski definition) is 0. The third-order valence-electron chi connectivity index (χ3n) is 3.86. The van der Waals surface area contributed by atoms with Crippen molar-refractivity contribution in [3.05, 3.63) is 42.0 Å². The van der Waals surface area contributed by atoms with Crippen molar-refractivity contribution in [3.63, 3.8) is 0 Å². The minimum atomic E-state index is 0.169. The first-order valence-corrected chi connectivity index (χ1v) is 8.32. The van der Waals surface area contributed by atoms with E-state index in [2.05, 4.69) is 48.3 Å². The lowest BCUT2D eigenvalue weighted by Crippen LogP contribution is -2.11. The van der Waals surface area contributed by atoms with E-state index in [4.69, 9.17) is 4.74 Å². The Morgan fingerprint density at radius 1 is 0.955 bits per heavy atom. The topological polar surface area (TPSA) is 35.0 Å². The van der Waals surface area contributed by atoms with Crippen molar-refractivity contribution in [2.24, 2.45) is 0 Å². The van der Waals surface area contributed by atoms with E-state index < -0.39 is 0 Å². The van der Waals surface area contributed by atoms with Crippen LogP contribution in [-0.4, -0.2) is 16.3 Å². The van der Waals surface area contributed by atoms with E-state index in [1.165, 1.54) is 24.8 Å². The van der Waals surface area contributed by atoms with Crippen LogP contribution in [0.4, 0.5) is 0 Å². The Morgan fingerprint density at radius 2 is 1.73 bits per heavy atom. The Hall–Kier alpha value is -1.90. The molecule has 0 bridgehead atoms. The minimum absolute atomic E-state index is 0.169. The van der Waals surface area contributed by atoms with Gasteiger partial charge < -0.3 is 4.74 Å². The number of benzene rings is 1. The Labute approximate surface area is 133 Å². The number of unbranched alkanes of at least 4 members (excludes halogenated alkanes) is 2. The summed E-state index contributed by atoms with van der Waals surface area (Å²) in [4.78, 5) is 0.